The Balaban J connectivity index is 1.78. The zero-order valence-corrected chi connectivity index (χ0v) is 15.0. The Bertz CT molecular complexity index is 780. The van der Waals surface area contributed by atoms with Crippen molar-refractivity contribution in [3.05, 3.63) is 35.1 Å². The minimum Gasteiger partial charge on any atom is -0.296 e. The van der Waals surface area contributed by atoms with Gasteiger partial charge in [0.05, 0.1) is 4.90 Å². The van der Waals surface area contributed by atoms with Gasteiger partial charge in [-0.05, 0) is 44.0 Å². The molecular formula is C14H17ClN4O2S2. The first kappa shape index (κ1) is 16.6. The molecule has 1 aliphatic heterocycles. The predicted molar refractivity (Wildman–Crippen MR) is 91.3 cm³/mol. The van der Waals surface area contributed by atoms with Crippen LogP contribution in [0.1, 0.15) is 25.3 Å². The van der Waals surface area contributed by atoms with Crippen molar-refractivity contribution in [1.29, 1.82) is 0 Å². The molecule has 0 bridgehead atoms. The number of benzene rings is 1. The Morgan fingerprint density at radius 1 is 1.48 bits per heavy atom. The third-order valence-electron chi connectivity index (χ3n) is 3.98. The normalized spacial score (nSPS) is 19.1. The van der Waals surface area contributed by atoms with Crippen molar-refractivity contribution in [1.82, 2.24) is 14.3 Å². The second-order valence-corrected chi connectivity index (χ2v) is 8.44. The van der Waals surface area contributed by atoms with Crippen LogP contribution >= 0.6 is 23.1 Å². The summed E-state index contributed by atoms with van der Waals surface area (Å²) < 4.78 is 30.8. The lowest BCUT2D eigenvalue weighted by Crippen LogP contribution is -2.26. The van der Waals surface area contributed by atoms with Crippen molar-refractivity contribution < 1.29 is 8.42 Å². The molecule has 1 aliphatic rings. The lowest BCUT2D eigenvalue weighted by molar-refractivity contribution is 0.260. The van der Waals surface area contributed by atoms with Gasteiger partial charge in [-0.25, -0.2) is 13.4 Å². The molecule has 0 radical (unpaired) electrons. The van der Waals surface area contributed by atoms with E-state index >= 15 is 0 Å². The fourth-order valence-corrected chi connectivity index (χ4v) is 4.65. The van der Waals surface area contributed by atoms with Crippen molar-refractivity contribution in [3.63, 3.8) is 0 Å². The van der Waals surface area contributed by atoms with Crippen LogP contribution in [0.5, 0.6) is 0 Å². The molecule has 1 aromatic carbocycles. The molecule has 1 fully saturated rings. The van der Waals surface area contributed by atoms with Crippen LogP contribution in [0, 0.1) is 0 Å². The van der Waals surface area contributed by atoms with E-state index in [9.17, 15) is 8.42 Å². The average Bonchev–Trinajstić information content (AvgIpc) is 3.13. The molecule has 1 N–H and O–H groups in total. The van der Waals surface area contributed by atoms with E-state index in [1.807, 2.05) is 0 Å². The highest BCUT2D eigenvalue weighted by Crippen LogP contribution is 2.26. The highest BCUT2D eigenvalue weighted by Gasteiger charge is 2.22. The molecule has 6 nitrogen and oxygen atoms in total. The minimum absolute atomic E-state index is 0.121. The number of rotatable bonds is 5. The van der Waals surface area contributed by atoms with Gasteiger partial charge in [-0.2, -0.15) is 4.37 Å². The van der Waals surface area contributed by atoms with E-state index in [-0.39, 0.29) is 10.0 Å². The minimum atomic E-state index is -3.70. The predicted octanol–water partition coefficient (Wildman–Crippen LogP) is 2.98. The molecule has 0 aliphatic carbocycles. The van der Waals surface area contributed by atoms with E-state index in [0.717, 1.165) is 30.2 Å². The van der Waals surface area contributed by atoms with Gasteiger partial charge in [0.25, 0.3) is 10.0 Å². The first-order chi connectivity index (χ1) is 11.0. The van der Waals surface area contributed by atoms with E-state index in [0.29, 0.717) is 11.1 Å². The fraction of sp³-hybridized carbons (Fsp3) is 0.429. The number of aromatic nitrogens is 2. The van der Waals surface area contributed by atoms with Crippen LogP contribution in [-0.2, 0) is 16.6 Å². The first-order valence-corrected chi connectivity index (χ1v) is 9.91. The summed E-state index contributed by atoms with van der Waals surface area (Å²) in [6.45, 7) is 3.99. The van der Waals surface area contributed by atoms with Crippen molar-refractivity contribution in [2.75, 3.05) is 11.3 Å². The number of nitrogens with one attached hydrogen (secondary N) is 1. The van der Waals surface area contributed by atoms with E-state index in [4.69, 9.17) is 11.6 Å². The third kappa shape index (κ3) is 3.82. The van der Waals surface area contributed by atoms with Gasteiger partial charge in [-0.1, -0.05) is 17.7 Å². The van der Waals surface area contributed by atoms with Crippen LogP contribution in [0.2, 0.25) is 5.02 Å². The van der Waals surface area contributed by atoms with Crippen LogP contribution in [0.15, 0.2) is 29.4 Å². The van der Waals surface area contributed by atoms with Gasteiger partial charge in [-0.3, -0.25) is 9.62 Å². The second-order valence-electron chi connectivity index (χ2n) is 5.57. The van der Waals surface area contributed by atoms with Crippen molar-refractivity contribution in [3.8, 4) is 0 Å². The molecule has 2 heterocycles. The molecule has 2 aromatic rings. The molecule has 1 saturated heterocycles. The maximum Gasteiger partial charge on any atom is 0.263 e. The zero-order chi connectivity index (χ0) is 16.4. The zero-order valence-electron chi connectivity index (χ0n) is 12.6. The molecule has 0 unspecified atom stereocenters. The summed E-state index contributed by atoms with van der Waals surface area (Å²) in [5.41, 5.74) is 0.940. The molecule has 9 heteroatoms. The highest BCUT2D eigenvalue weighted by molar-refractivity contribution is 7.93. The SMILES string of the molecule is C[C@@H]1CCCN1Cc1ccc(S(=O)(=O)Nc2ncns2)cc1Cl. The Morgan fingerprint density at radius 3 is 2.91 bits per heavy atom. The molecule has 1 atom stereocenters. The Hall–Kier alpha value is -1.22. The monoisotopic (exact) mass is 372 g/mol. The Labute approximate surface area is 144 Å². The van der Waals surface area contributed by atoms with Crippen LogP contribution in [0.3, 0.4) is 0 Å². The first-order valence-electron chi connectivity index (χ1n) is 7.28. The molecule has 0 amide bonds. The molecule has 0 spiro atoms. The quantitative estimate of drug-likeness (QED) is 0.873. The van der Waals surface area contributed by atoms with Gasteiger partial charge in [0.2, 0.25) is 5.13 Å². The molecule has 23 heavy (non-hydrogen) atoms. The molecule has 0 saturated carbocycles. The van der Waals surface area contributed by atoms with E-state index in [1.165, 1.54) is 25.2 Å². The van der Waals surface area contributed by atoms with Crippen molar-refractivity contribution >= 4 is 38.3 Å². The summed E-state index contributed by atoms with van der Waals surface area (Å²) in [6.07, 6.45) is 3.68. The van der Waals surface area contributed by atoms with Crippen LogP contribution in [0.4, 0.5) is 5.13 Å². The smallest absolute Gasteiger partial charge is 0.263 e. The maximum atomic E-state index is 12.3. The highest BCUT2D eigenvalue weighted by atomic mass is 35.5. The van der Waals surface area contributed by atoms with Gasteiger partial charge in [0.1, 0.15) is 6.33 Å². The van der Waals surface area contributed by atoms with E-state index in [1.54, 1.807) is 12.1 Å². The summed E-state index contributed by atoms with van der Waals surface area (Å²) in [7, 11) is -3.70. The average molecular weight is 373 g/mol. The molecule has 1 aromatic heterocycles. The Morgan fingerprint density at radius 2 is 2.30 bits per heavy atom. The topological polar surface area (TPSA) is 75.2 Å². The summed E-state index contributed by atoms with van der Waals surface area (Å²) in [6, 6.07) is 5.38. The number of sulfonamides is 1. The van der Waals surface area contributed by atoms with Gasteiger partial charge >= 0.3 is 0 Å². The molecular weight excluding hydrogens is 356 g/mol. The number of hydrogen-bond acceptors (Lipinski definition) is 6. The van der Waals surface area contributed by atoms with Crippen molar-refractivity contribution in [2.45, 2.75) is 37.2 Å². The van der Waals surface area contributed by atoms with E-state index in [2.05, 4.69) is 25.9 Å². The lowest BCUT2D eigenvalue weighted by atomic mass is 10.2. The maximum absolute atomic E-state index is 12.3. The largest absolute Gasteiger partial charge is 0.296 e. The summed E-state index contributed by atoms with van der Waals surface area (Å²) >= 11 is 7.28. The number of anilines is 1. The lowest BCUT2D eigenvalue weighted by Gasteiger charge is -2.21. The van der Waals surface area contributed by atoms with Crippen LogP contribution in [0.25, 0.3) is 0 Å². The van der Waals surface area contributed by atoms with E-state index < -0.39 is 10.0 Å². The second kappa shape index (κ2) is 6.72. The standard InChI is InChI=1S/C14H17ClN4O2S2/c1-10-3-2-6-19(10)8-11-4-5-12(7-13(11)15)23(20,21)18-14-16-9-17-22-14/h4-5,7,9-10H,2-3,6,8H2,1H3,(H,16,17,18)/t10-/m1/s1. The molecule has 124 valence electrons. The van der Waals surface area contributed by atoms with Crippen molar-refractivity contribution in [2.24, 2.45) is 0 Å². The summed E-state index contributed by atoms with van der Waals surface area (Å²) in [5, 5.41) is 0.695. The number of nitrogens with zero attached hydrogens (tertiary/aromatic N) is 3. The fourth-order valence-electron chi connectivity index (χ4n) is 2.66. The molecule has 3 rings (SSSR count). The summed E-state index contributed by atoms with van der Waals surface area (Å²) in [5.74, 6) is 0. The summed E-state index contributed by atoms with van der Waals surface area (Å²) in [4.78, 5) is 6.30. The van der Waals surface area contributed by atoms with Crippen LogP contribution < -0.4 is 4.72 Å². The Kier molecular flexibility index (Phi) is 4.86. The van der Waals surface area contributed by atoms with Gasteiger partial charge in [-0.15, -0.1) is 0 Å². The number of hydrogen-bond donors (Lipinski definition) is 1. The van der Waals surface area contributed by atoms with Gasteiger partial charge < -0.3 is 0 Å². The number of likely N-dealkylation sites (tertiary alicyclic amines) is 1. The number of halogens is 1. The van der Waals surface area contributed by atoms with Crippen LogP contribution in [-0.4, -0.2) is 35.3 Å². The third-order valence-corrected chi connectivity index (χ3v) is 6.38. The van der Waals surface area contributed by atoms with Gasteiger partial charge in [0, 0.05) is 29.1 Å². The van der Waals surface area contributed by atoms with Gasteiger partial charge in [0.15, 0.2) is 0 Å².